The molecule has 5 nitrogen and oxygen atoms in total. The van der Waals surface area contributed by atoms with Crippen molar-refractivity contribution >= 4 is 21.4 Å². The van der Waals surface area contributed by atoms with Crippen LogP contribution in [0.15, 0.2) is 16.3 Å². The molecule has 2 unspecified atom stereocenters. The molecule has 2 heterocycles. The lowest BCUT2D eigenvalue weighted by atomic mass is 9.97. The standard InChI is InChI=1S/C14H22N2O3S2/c1-10-14(2,5-6-19-10)16-21(17,18)13-7-12(20-9-13)8-15-11-3-4-11/h7,9-11,15-16H,3-6,8H2,1-2H3. The monoisotopic (exact) mass is 330 g/mol. The third kappa shape index (κ3) is 3.48. The van der Waals surface area contributed by atoms with Crippen LogP contribution in [0.25, 0.3) is 0 Å². The Balaban J connectivity index is 1.69. The molecule has 2 atom stereocenters. The summed E-state index contributed by atoms with van der Waals surface area (Å²) in [6.07, 6.45) is 3.05. The SMILES string of the molecule is CC1OCCC1(C)NS(=O)(=O)c1csc(CNC2CC2)c1. The molecule has 0 aromatic carbocycles. The maximum atomic E-state index is 12.5. The number of thiophene rings is 1. The Morgan fingerprint density at radius 1 is 1.48 bits per heavy atom. The Labute approximate surface area is 130 Å². The average molecular weight is 330 g/mol. The quantitative estimate of drug-likeness (QED) is 0.835. The third-order valence-corrected chi connectivity index (χ3v) is 7.01. The van der Waals surface area contributed by atoms with Gasteiger partial charge in [0.25, 0.3) is 0 Å². The number of hydrogen-bond donors (Lipinski definition) is 2. The summed E-state index contributed by atoms with van der Waals surface area (Å²) in [6, 6.07) is 2.40. The van der Waals surface area contributed by atoms with Crippen LogP contribution >= 0.6 is 11.3 Å². The summed E-state index contributed by atoms with van der Waals surface area (Å²) in [4.78, 5) is 1.42. The summed E-state index contributed by atoms with van der Waals surface area (Å²) in [7, 11) is -3.48. The van der Waals surface area contributed by atoms with Gasteiger partial charge in [-0.25, -0.2) is 13.1 Å². The predicted molar refractivity (Wildman–Crippen MR) is 82.9 cm³/mol. The molecule has 0 radical (unpaired) electrons. The first-order valence-electron chi connectivity index (χ1n) is 7.35. The van der Waals surface area contributed by atoms with E-state index >= 15 is 0 Å². The Kier molecular flexibility index (Phi) is 4.13. The van der Waals surface area contributed by atoms with E-state index in [0.29, 0.717) is 24.0 Å². The lowest BCUT2D eigenvalue weighted by Crippen LogP contribution is -2.50. The van der Waals surface area contributed by atoms with Crippen LogP contribution in [0.3, 0.4) is 0 Å². The maximum Gasteiger partial charge on any atom is 0.241 e. The molecule has 1 aliphatic heterocycles. The van der Waals surface area contributed by atoms with Gasteiger partial charge in [0.15, 0.2) is 0 Å². The number of hydrogen-bond acceptors (Lipinski definition) is 5. The van der Waals surface area contributed by atoms with Gasteiger partial charge >= 0.3 is 0 Å². The fourth-order valence-corrected chi connectivity index (χ4v) is 5.18. The minimum absolute atomic E-state index is 0.109. The van der Waals surface area contributed by atoms with Gasteiger partial charge in [-0.1, -0.05) is 0 Å². The molecule has 1 aromatic heterocycles. The van der Waals surface area contributed by atoms with Crippen molar-refractivity contribution in [2.75, 3.05) is 6.61 Å². The molecule has 1 aromatic rings. The van der Waals surface area contributed by atoms with Crippen LogP contribution in [0.4, 0.5) is 0 Å². The second-order valence-corrected chi connectivity index (χ2v) is 8.87. The Bertz CT molecular complexity index is 609. The Morgan fingerprint density at radius 3 is 2.86 bits per heavy atom. The molecular weight excluding hydrogens is 308 g/mol. The predicted octanol–water partition coefficient (Wildman–Crippen LogP) is 1.85. The van der Waals surface area contributed by atoms with Crippen LogP contribution in [0.2, 0.25) is 0 Å². The van der Waals surface area contributed by atoms with Crippen LogP contribution in [-0.4, -0.2) is 32.7 Å². The minimum atomic E-state index is -3.48. The maximum absolute atomic E-state index is 12.5. The van der Waals surface area contributed by atoms with Gasteiger partial charge in [0.05, 0.1) is 16.5 Å². The molecule has 1 saturated carbocycles. The van der Waals surface area contributed by atoms with Crippen molar-refractivity contribution in [3.05, 3.63) is 16.3 Å². The van der Waals surface area contributed by atoms with Crippen LogP contribution in [0, 0.1) is 0 Å². The number of sulfonamides is 1. The Morgan fingerprint density at radius 2 is 2.24 bits per heavy atom. The smallest absolute Gasteiger partial charge is 0.241 e. The third-order valence-electron chi connectivity index (χ3n) is 4.34. The van der Waals surface area contributed by atoms with Crippen LogP contribution < -0.4 is 10.0 Å². The highest BCUT2D eigenvalue weighted by molar-refractivity contribution is 7.89. The Hall–Kier alpha value is -0.470. The number of ether oxygens (including phenoxy) is 1. The van der Waals surface area contributed by atoms with E-state index in [-0.39, 0.29) is 6.10 Å². The fraction of sp³-hybridized carbons (Fsp3) is 0.714. The second kappa shape index (κ2) is 5.62. The molecule has 0 spiro atoms. The zero-order valence-electron chi connectivity index (χ0n) is 12.4. The van der Waals surface area contributed by atoms with Gasteiger partial charge in [0.2, 0.25) is 10.0 Å². The lowest BCUT2D eigenvalue weighted by molar-refractivity contribution is 0.0957. The largest absolute Gasteiger partial charge is 0.376 e. The van der Waals surface area contributed by atoms with E-state index in [4.69, 9.17) is 4.74 Å². The van der Waals surface area contributed by atoms with Crippen molar-refractivity contribution in [1.82, 2.24) is 10.0 Å². The zero-order chi connectivity index (χ0) is 15.1. The lowest BCUT2D eigenvalue weighted by Gasteiger charge is -2.28. The van der Waals surface area contributed by atoms with E-state index in [2.05, 4.69) is 10.0 Å². The molecule has 118 valence electrons. The highest BCUT2D eigenvalue weighted by atomic mass is 32.2. The molecule has 1 saturated heterocycles. The highest BCUT2D eigenvalue weighted by Gasteiger charge is 2.40. The van der Waals surface area contributed by atoms with E-state index in [9.17, 15) is 8.42 Å². The van der Waals surface area contributed by atoms with Crippen LogP contribution in [0.1, 0.15) is 38.0 Å². The molecule has 0 amide bonds. The zero-order valence-corrected chi connectivity index (χ0v) is 14.0. The van der Waals surface area contributed by atoms with Crippen molar-refractivity contribution in [2.24, 2.45) is 0 Å². The van der Waals surface area contributed by atoms with Gasteiger partial charge in [-0.3, -0.25) is 0 Å². The molecule has 7 heteroatoms. The van der Waals surface area contributed by atoms with Gasteiger partial charge in [-0.05, 0) is 39.2 Å². The second-order valence-electron chi connectivity index (χ2n) is 6.19. The first kappa shape index (κ1) is 15.4. The van der Waals surface area contributed by atoms with Gasteiger partial charge in [0, 0.05) is 29.5 Å². The summed E-state index contributed by atoms with van der Waals surface area (Å²) in [5.74, 6) is 0. The molecule has 21 heavy (non-hydrogen) atoms. The molecule has 3 rings (SSSR count). The van der Waals surface area contributed by atoms with E-state index in [1.807, 2.05) is 13.8 Å². The summed E-state index contributed by atoms with van der Waals surface area (Å²) in [5, 5.41) is 5.12. The van der Waals surface area contributed by atoms with Crippen molar-refractivity contribution < 1.29 is 13.2 Å². The molecule has 2 fully saturated rings. The molecule has 1 aliphatic carbocycles. The van der Waals surface area contributed by atoms with E-state index in [1.54, 1.807) is 11.4 Å². The van der Waals surface area contributed by atoms with Crippen molar-refractivity contribution in [1.29, 1.82) is 0 Å². The topological polar surface area (TPSA) is 67.4 Å². The summed E-state index contributed by atoms with van der Waals surface area (Å²) >= 11 is 1.49. The first-order valence-corrected chi connectivity index (χ1v) is 9.72. The van der Waals surface area contributed by atoms with Crippen molar-refractivity contribution in [2.45, 2.75) is 62.2 Å². The van der Waals surface area contributed by atoms with Gasteiger partial charge in [-0.15, -0.1) is 11.3 Å². The van der Waals surface area contributed by atoms with Crippen LogP contribution in [-0.2, 0) is 21.3 Å². The van der Waals surface area contributed by atoms with Crippen molar-refractivity contribution in [3.63, 3.8) is 0 Å². The van der Waals surface area contributed by atoms with E-state index < -0.39 is 15.6 Å². The summed E-state index contributed by atoms with van der Waals surface area (Å²) in [6.45, 7) is 5.17. The number of nitrogens with one attached hydrogen (secondary N) is 2. The van der Waals surface area contributed by atoms with E-state index in [1.165, 1.54) is 24.2 Å². The van der Waals surface area contributed by atoms with Gasteiger partial charge in [0.1, 0.15) is 0 Å². The molecule has 0 bridgehead atoms. The molecular formula is C14H22N2O3S2. The normalized spacial score (nSPS) is 29.9. The van der Waals surface area contributed by atoms with Gasteiger partial charge < -0.3 is 10.1 Å². The fourth-order valence-electron chi connectivity index (χ4n) is 2.46. The average Bonchev–Trinajstić information content (AvgIpc) is 3.01. The first-order chi connectivity index (χ1) is 9.89. The summed E-state index contributed by atoms with van der Waals surface area (Å²) < 4.78 is 33.4. The molecule has 2 aliphatic rings. The summed E-state index contributed by atoms with van der Waals surface area (Å²) in [5.41, 5.74) is -0.521. The van der Waals surface area contributed by atoms with Crippen LogP contribution in [0.5, 0.6) is 0 Å². The highest BCUT2D eigenvalue weighted by Crippen LogP contribution is 2.29. The molecule has 2 N–H and O–H groups in total. The van der Waals surface area contributed by atoms with Gasteiger partial charge in [-0.2, -0.15) is 0 Å². The van der Waals surface area contributed by atoms with Crippen molar-refractivity contribution in [3.8, 4) is 0 Å². The minimum Gasteiger partial charge on any atom is -0.376 e. The number of rotatable bonds is 6. The van der Waals surface area contributed by atoms with E-state index in [0.717, 1.165) is 11.4 Å².